The molecule has 1 unspecified atom stereocenters. The zero-order valence-electron chi connectivity index (χ0n) is 25.6. The predicted molar refractivity (Wildman–Crippen MR) is 171 cm³/mol. The van der Waals surface area contributed by atoms with Gasteiger partial charge in [0.25, 0.3) is 0 Å². The maximum atomic E-state index is 15.3. The second kappa shape index (κ2) is 14.2. The molecule has 1 saturated carbocycles. The number of alkyl carbamates (subject to hydrolysis) is 1. The van der Waals surface area contributed by atoms with Gasteiger partial charge in [-0.2, -0.15) is 0 Å². The van der Waals surface area contributed by atoms with Crippen LogP contribution in [0, 0.1) is 11.6 Å². The maximum Gasteiger partial charge on any atom is 0.407 e. The number of likely N-dealkylation sites (N-methyl/N-ethyl adjacent to an activating group) is 1. The number of fused-ring (bicyclic) bond motifs is 2. The van der Waals surface area contributed by atoms with Crippen molar-refractivity contribution in [3.63, 3.8) is 0 Å². The largest absolute Gasteiger partial charge is 0.490 e. The average Bonchev–Trinajstić information content (AvgIpc) is 3.69. The Kier molecular flexibility index (Phi) is 9.87. The molecule has 1 amide bonds. The van der Waals surface area contributed by atoms with Crippen LogP contribution in [0.15, 0.2) is 41.8 Å². The molecule has 238 valence electrons. The van der Waals surface area contributed by atoms with Crippen LogP contribution in [0.3, 0.4) is 0 Å². The van der Waals surface area contributed by atoms with Crippen LogP contribution in [0.2, 0.25) is 0 Å². The fraction of sp³-hybridized carbons (Fsp3) is 0.441. The number of hydrogen-bond acceptors (Lipinski definition) is 8. The predicted octanol–water partition coefficient (Wildman–Crippen LogP) is 6.79. The van der Waals surface area contributed by atoms with E-state index < -0.39 is 11.9 Å². The highest BCUT2D eigenvalue weighted by molar-refractivity contribution is 7.17. The Labute approximate surface area is 265 Å². The zero-order chi connectivity index (χ0) is 31.3. The lowest BCUT2D eigenvalue weighted by atomic mass is 9.86. The van der Waals surface area contributed by atoms with Crippen molar-refractivity contribution in [2.24, 2.45) is 0 Å². The van der Waals surface area contributed by atoms with Gasteiger partial charge in [-0.05, 0) is 88.4 Å². The molecule has 0 spiro atoms. The van der Waals surface area contributed by atoms with Crippen LogP contribution in [-0.4, -0.2) is 73.8 Å². The third-order valence-corrected chi connectivity index (χ3v) is 9.59. The number of nitrogens with one attached hydrogen (secondary N) is 1. The van der Waals surface area contributed by atoms with Gasteiger partial charge in [-0.25, -0.2) is 13.6 Å². The van der Waals surface area contributed by atoms with Gasteiger partial charge in [0.05, 0.1) is 23.3 Å². The summed E-state index contributed by atoms with van der Waals surface area (Å²) in [5.74, 6) is -0.577. The molecular weight excluding hydrogens is 598 g/mol. The molecule has 8 nitrogen and oxygen atoms in total. The smallest absolute Gasteiger partial charge is 0.407 e. The summed E-state index contributed by atoms with van der Waals surface area (Å²) >= 11 is 1.24. The molecule has 2 aliphatic carbocycles. The molecule has 1 N–H and O–H groups in total. The number of ether oxygens (including phenoxy) is 3. The monoisotopic (exact) mass is 636 g/mol. The Morgan fingerprint density at radius 2 is 1.82 bits per heavy atom. The van der Waals surface area contributed by atoms with Crippen molar-refractivity contribution in [2.75, 3.05) is 40.5 Å². The van der Waals surface area contributed by atoms with E-state index in [2.05, 4.69) is 46.6 Å². The Morgan fingerprint density at radius 1 is 1.00 bits per heavy atom. The number of benzene rings is 2. The summed E-state index contributed by atoms with van der Waals surface area (Å²) in [5, 5.41) is 13.6. The van der Waals surface area contributed by atoms with Crippen LogP contribution in [0.5, 0.6) is 5.75 Å². The van der Waals surface area contributed by atoms with Crippen LogP contribution in [-0.2, 0) is 22.3 Å². The molecule has 0 bridgehead atoms. The lowest BCUT2D eigenvalue weighted by molar-refractivity contribution is 0.0857. The quantitative estimate of drug-likeness (QED) is 0.182. The zero-order valence-corrected chi connectivity index (χ0v) is 26.4. The fourth-order valence-corrected chi connectivity index (χ4v) is 7.09. The molecule has 45 heavy (non-hydrogen) atoms. The van der Waals surface area contributed by atoms with Crippen LogP contribution in [0.1, 0.15) is 43.2 Å². The van der Waals surface area contributed by atoms with Gasteiger partial charge in [0.2, 0.25) is 0 Å². The molecule has 11 heteroatoms. The Morgan fingerprint density at radius 3 is 2.64 bits per heavy atom. The van der Waals surface area contributed by atoms with Crippen LogP contribution < -0.4 is 10.1 Å². The third kappa shape index (κ3) is 7.26. The summed E-state index contributed by atoms with van der Waals surface area (Å²) in [6.45, 7) is 0.943. The van der Waals surface area contributed by atoms with Crippen molar-refractivity contribution >= 4 is 27.5 Å². The van der Waals surface area contributed by atoms with E-state index in [1.165, 1.54) is 40.0 Å². The highest BCUT2D eigenvalue weighted by Crippen LogP contribution is 2.41. The molecule has 2 aromatic carbocycles. The molecule has 0 aliphatic heterocycles. The van der Waals surface area contributed by atoms with E-state index >= 15 is 4.39 Å². The van der Waals surface area contributed by atoms with Gasteiger partial charge in [0.1, 0.15) is 41.5 Å². The summed E-state index contributed by atoms with van der Waals surface area (Å²) in [4.78, 5) is 14.1. The van der Waals surface area contributed by atoms with Crippen molar-refractivity contribution in [2.45, 2.75) is 57.1 Å². The van der Waals surface area contributed by atoms with E-state index in [-0.39, 0.29) is 37.5 Å². The van der Waals surface area contributed by atoms with E-state index in [4.69, 9.17) is 14.2 Å². The van der Waals surface area contributed by atoms with Crippen molar-refractivity contribution in [3.05, 3.63) is 64.5 Å². The van der Waals surface area contributed by atoms with Crippen molar-refractivity contribution in [1.82, 2.24) is 20.4 Å². The molecule has 2 aromatic heterocycles. The van der Waals surface area contributed by atoms with E-state index in [1.54, 1.807) is 6.07 Å². The molecular formula is C34H38F2N4O4S. The Bertz CT molecular complexity index is 1660. The van der Waals surface area contributed by atoms with E-state index in [0.29, 0.717) is 39.6 Å². The van der Waals surface area contributed by atoms with Crippen molar-refractivity contribution in [1.29, 1.82) is 0 Å². The molecule has 4 aromatic rings. The maximum absolute atomic E-state index is 15.3. The second-order valence-corrected chi connectivity index (χ2v) is 12.7. The van der Waals surface area contributed by atoms with Gasteiger partial charge in [-0.3, -0.25) is 0 Å². The second-order valence-electron chi connectivity index (χ2n) is 11.9. The van der Waals surface area contributed by atoms with Crippen LogP contribution >= 0.6 is 11.3 Å². The highest BCUT2D eigenvalue weighted by Gasteiger charge is 2.24. The minimum absolute atomic E-state index is 0.00712. The Balaban J connectivity index is 1.13. The first kappa shape index (κ1) is 31.3. The SMILES string of the molecule is CN(C)C1CCc2cc(-c3nnc(-c4ccc(F)cc4OCCOCCNC(=O)OC4CCCC4)c4scc(F)c34)ccc2C1. The van der Waals surface area contributed by atoms with E-state index in [9.17, 15) is 9.18 Å². The number of carbonyl (C=O) groups excluding carboxylic acids is 1. The number of aryl methyl sites for hydroxylation is 1. The standard InChI is InChI=1S/C34H38F2N4O4S/c1-40(2)25-11-9-21-17-23(8-7-22(21)18-25)31-30-28(36)20-45-33(30)32(39-38-31)27-12-10-24(35)19-29(27)43-16-15-42-14-13-37-34(41)44-26-5-3-4-6-26/h7-8,10,12,17,19-20,25-26H,3-6,9,11,13-16,18H2,1-2H3,(H,37,41). The summed E-state index contributed by atoms with van der Waals surface area (Å²) in [5.41, 5.74) is 4.83. The molecule has 1 atom stereocenters. The van der Waals surface area contributed by atoms with Crippen molar-refractivity contribution in [3.8, 4) is 28.3 Å². The van der Waals surface area contributed by atoms with E-state index in [1.807, 2.05) is 6.07 Å². The number of nitrogens with zero attached hydrogens (tertiary/aromatic N) is 3. The summed E-state index contributed by atoms with van der Waals surface area (Å²) in [6, 6.07) is 10.9. The molecule has 6 rings (SSSR count). The third-order valence-electron chi connectivity index (χ3n) is 8.64. The van der Waals surface area contributed by atoms with Crippen molar-refractivity contribution < 1.29 is 27.8 Å². The van der Waals surface area contributed by atoms with Gasteiger partial charge >= 0.3 is 6.09 Å². The number of hydrogen-bond donors (Lipinski definition) is 1. The number of thiophene rings is 1. The number of halogens is 2. The molecule has 0 saturated heterocycles. The van der Waals surface area contributed by atoms with E-state index in [0.717, 1.165) is 50.5 Å². The summed E-state index contributed by atoms with van der Waals surface area (Å²) in [6.07, 6.45) is 6.60. The van der Waals surface area contributed by atoms with Gasteiger partial charge in [0, 0.05) is 35.2 Å². The first-order chi connectivity index (χ1) is 21.9. The van der Waals surface area contributed by atoms with Crippen LogP contribution in [0.25, 0.3) is 32.6 Å². The fourth-order valence-electron chi connectivity index (χ4n) is 6.18. The molecule has 2 heterocycles. The molecule has 2 aliphatic rings. The number of amides is 1. The number of rotatable bonds is 11. The Hall–Kier alpha value is -3.67. The topological polar surface area (TPSA) is 85.8 Å². The first-order valence-electron chi connectivity index (χ1n) is 15.5. The first-order valence-corrected chi connectivity index (χ1v) is 16.4. The number of carbonyl (C=O) groups is 1. The summed E-state index contributed by atoms with van der Waals surface area (Å²) < 4.78 is 47.1. The normalized spacial score (nSPS) is 16.7. The number of aromatic nitrogens is 2. The van der Waals surface area contributed by atoms with Gasteiger partial charge in [0.15, 0.2) is 0 Å². The highest BCUT2D eigenvalue weighted by atomic mass is 32.1. The molecule has 1 fully saturated rings. The van der Waals surface area contributed by atoms with Gasteiger partial charge in [-0.15, -0.1) is 21.5 Å². The minimum Gasteiger partial charge on any atom is -0.490 e. The minimum atomic E-state index is -0.469. The average molecular weight is 637 g/mol. The lowest BCUT2D eigenvalue weighted by Gasteiger charge is -2.30. The van der Waals surface area contributed by atoms with Gasteiger partial charge in [-0.1, -0.05) is 12.1 Å². The van der Waals surface area contributed by atoms with Crippen LogP contribution in [0.4, 0.5) is 13.6 Å². The van der Waals surface area contributed by atoms with Gasteiger partial charge < -0.3 is 24.4 Å². The lowest BCUT2D eigenvalue weighted by Crippen LogP contribution is -2.33. The molecule has 0 radical (unpaired) electrons. The summed E-state index contributed by atoms with van der Waals surface area (Å²) in [7, 11) is 4.22.